The SMILES string of the molecule is O=C(Nc1ccc2ccccc2c1-c1c(NC(=O)c2ccc(C(F)(F)F)cc2)ccc2ccccc12)c1ccc(C(F)(F)F)cc1. The van der Waals surface area contributed by atoms with Crippen molar-refractivity contribution in [3.8, 4) is 11.1 Å². The molecule has 6 aromatic rings. The van der Waals surface area contributed by atoms with E-state index in [-0.39, 0.29) is 11.1 Å². The quantitative estimate of drug-likeness (QED) is 0.187. The van der Waals surface area contributed by atoms with E-state index in [9.17, 15) is 35.9 Å². The van der Waals surface area contributed by atoms with Crippen LogP contribution in [0.5, 0.6) is 0 Å². The Morgan fingerprint density at radius 2 is 0.783 bits per heavy atom. The number of hydrogen-bond donors (Lipinski definition) is 2. The number of carbonyl (C=O) groups excluding carboxylic acids is 2. The van der Waals surface area contributed by atoms with Gasteiger partial charge in [-0.25, -0.2) is 0 Å². The maximum absolute atomic E-state index is 13.4. The van der Waals surface area contributed by atoms with E-state index < -0.39 is 35.3 Å². The van der Waals surface area contributed by atoms with Crippen molar-refractivity contribution in [2.45, 2.75) is 12.4 Å². The highest BCUT2D eigenvalue weighted by Gasteiger charge is 2.31. The number of amides is 2. The zero-order valence-corrected chi connectivity index (χ0v) is 23.6. The lowest BCUT2D eigenvalue weighted by Gasteiger charge is -2.20. The fourth-order valence-electron chi connectivity index (χ4n) is 5.30. The first kappa shape index (κ1) is 30.4. The Morgan fingerprint density at radius 1 is 0.435 bits per heavy atom. The van der Waals surface area contributed by atoms with Crippen molar-refractivity contribution in [3.05, 3.63) is 144 Å². The van der Waals surface area contributed by atoms with Crippen molar-refractivity contribution in [2.75, 3.05) is 10.6 Å². The monoisotopic (exact) mass is 628 g/mol. The number of nitrogens with one attached hydrogen (secondary N) is 2. The van der Waals surface area contributed by atoms with Crippen LogP contribution in [0, 0.1) is 0 Å². The molecular weight excluding hydrogens is 606 g/mol. The Balaban J connectivity index is 1.48. The molecule has 0 fully saturated rings. The van der Waals surface area contributed by atoms with Gasteiger partial charge in [-0.05, 0) is 82.2 Å². The minimum Gasteiger partial charge on any atom is -0.321 e. The van der Waals surface area contributed by atoms with Crippen LogP contribution in [0.15, 0.2) is 121 Å². The Labute approximate surface area is 258 Å². The van der Waals surface area contributed by atoms with Crippen LogP contribution in [0.2, 0.25) is 0 Å². The van der Waals surface area contributed by atoms with Gasteiger partial charge in [0.1, 0.15) is 0 Å². The van der Waals surface area contributed by atoms with Crippen molar-refractivity contribution in [2.24, 2.45) is 0 Å². The zero-order valence-electron chi connectivity index (χ0n) is 23.6. The normalized spacial score (nSPS) is 11.9. The maximum atomic E-state index is 13.4. The van der Waals surface area contributed by atoms with Gasteiger partial charge in [0.05, 0.1) is 11.1 Å². The molecule has 0 heterocycles. The first-order valence-corrected chi connectivity index (χ1v) is 13.9. The zero-order chi connectivity index (χ0) is 32.6. The molecule has 6 aromatic carbocycles. The molecule has 10 heteroatoms. The second-order valence-corrected chi connectivity index (χ2v) is 10.5. The van der Waals surface area contributed by atoms with Gasteiger partial charge in [-0.2, -0.15) is 26.3 Å². The summed E-state index contributed by atoms with van der Waals surface area (Å²) in [6.45, 7) is 0. The molecule has 0 unspecified atom stereocenters. The van der Waals surface area contributed by atoms with Gasteiger partial charge in [0, 0.05) is 33.6 Å². The summed E-state index contributed by atoms with van der Waals surface area (Å²) in [6, 6.07) is 29.3. The predicted octanol–water partition coefficient (Wildman–Crippen LogP) is 10.2. The molecule has 2 N–H and O–H groups in total. The van der Waals surface area contributed by atoms with Crippen LogP contribution in [0.3, 0.4) is 0 Å². The number of carbonyl (C=O) groups is 2. The molecule has 230 valence electrons. The van der Waals surface area contributed by atoms with E-state index in [1.807, 2.05) is 36.4 Å². The van der Waals surface area contributed by atoms with Gasteiger partial charge in [-0.15, -0.1) is 0 Å². The summed E-state index contributed by atoms with van der Waals surface area (Å²) >= 11 is 0. The number of benzene rings is 6. The highest BCUT2D eigenvalue weighted by atomic mass is 19.4. The number of fused-ring (bicyclic) bond motifs is 2. The van der Waals surface area contributed by atoms with Gasteiger partial charge in [-0.3, -0.25) is 9.59 Å². The summed E-state index contributed by atoms with van der Waals surface area (Å²) in [6.07, 6.45) is -9.12. The van der Waals surface area contributed by atoms with Gasteiger partial charge >= 0.3 is 12.4 Å². The Kier molecular flexibility index (Phi) is 7.73. The van der Waals surface area contributed by atoms with Crippen LogP contribution in [0.1, 0.15) is 31.8 Å². The summed E-state index contributed by atoms with van der Waals surface area (Å²) in [7, 11) is 0. The van der Waals surface area contributed by atoms with Crippen molar-refractivity contribution in [1.29, 1.82) is 0 Å². The summed E-state index contributed by atoms with van der Waals surface area (Å²) in [5.74, 6) is -1.30. The molecule has 46 heavy (non-hydrogen) atoms. The summed E-state index contributed by atoms with van der Waals surface area (Å²) < 4.78 is 78.7. The molecule has 0 atom stereocenters. The Bertz CT molecular complexity index is 1950. The smallest absolute Gasteiger partial charge is 0.321 e. The van der Waals surface area contributed by atoms with Gasteiger partial charge in [0.15, 0.2) is 0 Å². The molecular formula is C36H22F6N2O2. The lowest BCUT2D eigenvalue weighted by molar-refractivity contribution is -0.138. The number of alkyl halides is 6. The van der Waals surface area contributed by atoms with Crippen LogP contribution in [-0.4, -0.2) is 11.8 Å². The second kappa shape index (κ2) is 11.7. The number of hydrogen-bond acceptors (Lipinski definition) is 2. The fourth-order valence-corrected chi connectivity index (χ4v) is 5.30. The van der Waals surface area contributed by atoms with Crippen LogP contribution in [0.25, 0.3) is 32.7 Å². The fraction of sp³-hybridized carbons (Fsp3) is 0.0556. The number of rotatable bonds is 5. The lowest BCUT2D eigenvalue weighted by Crippen LogP contribution is -2.15. The van der Waals surface area contributed by atoms with E-state index in [2.05, 4.69) is 10.6 Å². The van der Waals surface area contributed by atoms with E-state index in [1.54, 1.807) is 36.4 Å². The maximum Gasteiger partial charge on any atom is 0.416 e. The summed E-state index contributed by atoms with van der Waals surface area (Å²) in [4.78, 5) is 26.7. The lowest BCUT2D eigenvalue weighted by atomic mass is 9.90. The van der Waals surface area contributed by atoms with Crippen LogP contribution < -0.4 is 10.6 Å². The van der Waals surface area contributed by atoms with E-state index in [1.165, 1.54) is 0 Å². The molecule has 0 aliphatic heterocycles. The average Bonchev–Trinajstić information content (AvgIpc) is 3.04. The van der Waals surface area contributed by atoms with Crippen LogP contribution in [-0.2, 0) is 12.4 Å². The highest BCUT2D eigenvalue weighted by molar-refractivity contribution is 6.19. The predicted molar refractivity (Wildman–Crippen MR) is 166 cm³/mol. The van der Waals surface area contributed by atoms with Gasteiger partial charge in [0.25, 0.3) is 11.8 Å². The summed E-state index contributed by atoms with van der Waals surface area (Å²) in [5.41, 5.74) is -0.0771. The molecule has 0 spiro atoms. The molecule has 0 aromatic heterocycles. The van der Waals surface area contributed by atoms with Crippen LogP contribution in [0.4, 0.5) is 37.7 Å². The van der Waals surface area contributed by atoms with Crippen molar-refractivity contribution in [3.63, 3.8) is 0 Å². The molecule has 6 rings (SSSR count). The minimum absolute atomic E-state index is 0.000795. The Hall–Kier alpha value is -5.64. The number of anilines is 2. The van der Waals surface area contributed by atoms with Crippen molar-refractivity contribution >= 4 is 44.7 Å². The van der Waals surface area contributed by atoms with E-state index in [4.69, 9.17) is 0 Å². The molecule has 0 aliphatic rings. The van der Waals surface area contributed by atoms with Gasteiger partial charge in [-0.1, -0.05) is 60.7 Å². The van der Waals surface area contributed by atoms with Gasteiger partial charge < -0.3 is 10.6 Å². The van der Waals surface area contributed by atoms with E-state index >= 15 is 0 Å². The van der Waals surface area contributed by atoms with Gasteiger partial charge in [0.2, 0.25) is 0 Å². The molecule has 2 amide bonds. The van der Waals surface area contributed by atoms with Crippen LogP contribution >= 0.6 is 0 Å². The molecule has 0 aliphatic carbocycles. The molecule has 0 saturated heterocycles. The first-order valence-electron chi connectivity index (χ1n) is 13.9. The first-order chi connectivity index (χ1) is 21.9. The van der Waals surface area contributed by atoms with E-state index in [0.717, 1.165) is 59.3 Å². The van der Waals surface area contributed by atoms with Crippen molar-refractivity contribution in [1.82, 2.24) is 0 Å². The molecule has 4 nitrogen and oxygen atoms in total. The average molecular weight is 629 g/mol. The number of halogens is 6. The summed E-state index contributed by atoms with van der Waals surface area (Å²) in [5, 5.41) is 8.68. The minimum atomic E-state index is -4.56. The highest BCUT2D eigenvalue weighted by Crippen LogP contribution is 2.44. The third-order valence-corrected chi connectivity index (χ3v) is 7.55. The second-order valence-electron chi connectivity index (χ2n) is 10.5. The molecule has 0 bridgehead atoms. The van der Waals surface area contributed by atoms with Crippen molar-refractivity contribution < 1.29 is 35.9 Å². The molecule has 0 radical (unpaired) electrons. The van der Waals surface area contributed by atoms with E-state index in [0.29, 0.717) is 33.3 Å². The third-order valence-electron chi connectivity index (χ3n) is 7.55. The third kappa shape index (κ3) is 6.01. The molecule has 0 saturated carbocycles. The largest absolute Gasteiger partial charge is 0.416 e. The standard InChI is InChI=1S/C36H22F6N2O2/c37-35(38,39)25-15-9-23(10-16-25)33(45)43-29-19-13-21-5-1-3-7-27(21)31(29)32-28-8-4-2-6-22(28)14-20-30(32)44-34(46)24-11-17-26(18-12-24)36(40,41)42/h1-20H,(H,43,45)(H,44,46). The Morgan fingerprint density at radius 3 is 1.13 bits per heavy atom. The topological polar surface area (TPSA) is 58.2 Å².